The van der Waals surface area contributed by atoms with Crippen LogP contribution in [0.5, 0.6) is 0 Å². The van der Waals surface area contributed by atoms with Gasteiger partial charge in [-0.25, -0.2) is 0 Å². The van der Waals surface area contributed by atoms with Gasteiger partial charge in [0.15, 0.2) is 4.80 Å². The summed E-state index contributed by atoms with van der Waals surface area (Å²) in [5, 5.41) is 0.669. The highest BCUT2D eigenvalue weighted by atomic mass is 35.5. The van der Waals surface area contributed by atoms with E-state index in [1.807, 2.05) is 23.6 Å². The van der Waals surface area contributed by atoms with Crippen LogP contribution in [0.3, 0.4) is 0 Å². The van der Waals surface area contributed by atoms with Gasteiger partial charge in [0, 0.05) is 18.7 Å². The summed E-state index contributed by atoms with van der Waals surface area (Å²) in [6.07, 6.45) is 0. The zero-order valence-corrected chi connectivity index (χ0v) is 17.2. The van der Waals surface area contributed by atoms with Gasteiger partial charge in [-0.2, -0.15) is 4.99 Å². The molecule has 0 saturated heterocycles. The van der Waals surface area contributed by atoms with Crippen LogP contribution in [0.1, 0.15) is 15.9 Å². The lowest BCUT2D eigenvalue weighted by atomic mass is 10.2. The predicted octanol–water partition coefficient (Wildman–Crippen LogP) is 5.42. The number of fused-ring (bicyclic) bond motifs is 1. The number of thiophene rings is 1. The van der Waals surface area contributed by atoms with E-state index in [9.17, 15) is 4.79 Å². The second-order valence-corrected chi connectivity index (χ2v) is 8.90. The molecular weight excluding hydrogens is 423 g/mol. The number of benzene rings is 1. The van der Waals surface area contributed by atoms with E-state index in [-0.39, 0.29) is 0 Å². The topological polar surface area (TPSA) is 43.6 Å². The molecule has 25 heavy (non-hydrogen) atoms. The van der Waals surface area contributed by atoms with Gasteiger partial charge in [0.25, 0.3) is 5.91 Å². The Kier molecular flexibility index (Phi) is 5.88. The number of halogens is 3. The minimum Gasteiger partial charge on any atom is -0.383 e. The van der Waals surface area contributed by atoms with Gasteiger partial charge in [0.2, 0.25) is 0 Å². The maximum atomic E-state index is 12.5. The molecule has 1 aromatic carbocycles. The van der Waals surface area contributed by atoms with Crippen LogP contribution in [0.15, 0.2) is 23.2 Å². The number of methoxy groups -OCH3 is 1. The van der Waals surface area contributed by atoms with E-state index in [0.717, 1.165) is 27.1 Å². The molecule has 9 heteroatoms. The van der Waals surface area contributed by atoms with Crippen LogP contribution in [0, 0.1) is 6.92 Å². The highest BCUT2D eigenvalue weighted by Gasteiger charge is 2.16. The lowest BCUT2D eigenvalue weighted by molar-refractivity contribution is 0.0998. The van der Waals surface area contributed by atoms with Crippen molar-refractivity contribution in [2.24, 2.45) is 4.99 Å². The standard InChI is InChI=1S/C16H13Cl3N2O2S2/c1-8-10(17)3-4-11-13(8)21(5-6-23-2)16(24-11)20-15(22)9-7-12(18)25-14(9)19/h3-4,7H,5-6H2,1-2H3. The Hall–Kier alpha value is -0.890. The minimum absolute atomic E-state index is 0.308. The Morgan fingerprint density at radius 3 is 2.68 bits per heavy atom. The first-order valence-electron chi connectivity index (χ1n) is 7.23. The molecule has 0 unspecified atom stereocenters. The molecule has 1 amide bonds. The van der Waals surface area contributed by atoms with Crippen LogP contribution in [-0.4, -0.2) is 24.2 Å². The molecule has 2 aromatic heterocycles. The summed E-state index contributed by atoms with van der Waals surface area (Å²) in [4.78, 5) is 17.4. The molecule has 0 fully saturated rings. The van der Waals surface area contributed by atoms with Gasteiger partial charge in [0.1, 0.15) is 4.34 Å². The Bertz CT molecular complexity index is 1020. The number of rotatable bonds is 4. The maximum absolute atomic E-state index is 12.5. The molecule has 0 bridgehead atoms. The molecular formula is C16H13Cl3N2O2S2. The summed E-state index contributed by atoms with van der Waals surface area (Å²) >= 11 is 20.8. The molecule has 0 spiro atoms. The monoisotopic (exact) mass is 434 g/mol. The first-order valence-corrected chi connectivity index (χ1v) is 10.0. The molecule has 0 atom stereocenters. The van der Waals surface area contributed by atoms with Crippen molar-refractivity contribution in [1.29, 1.82) is 0 Å². The fourth-order valence-electron chi connectivity index (χ4n) is 2.42. The molecule has 0 aliphatic rings. The number of hydrogen-bond acceptors (Lipinski definition) is 4. The van der Waals surface area contributed by atoms with Gasteiger partial charge >= 0.3 is 0 Å². The summed E-state index contributed by atoms with van der Waals surface area (Å²) in [6, 6.07) is 5.31. The Labute approximate surface area is 167 Å². The first kappa shape index (κ1) is 18.9. The molecule has 3 rings (SSSR count). The molecule has 0 N–H and O–H groups in total. The molecule has 0 saturated carbocycles. The van der Waals surface area contributed by atoms with Gasteiger partial charge in [-0.3, -0.25) is 4.79 Å². The zero-order chi connectivity index (χ0) is 18.1. The number of amides is 1. The fraction of sp³-hybridized carbons (Fsp3) is 0.250. The molecule has 132 valence electrons. The number of carbonyl (C=O) groups is 1. The van der Waals surface area contributed by atoms with Crippen molar-refractivity contribution in [1.82, 2.24) is 4.57 Å². The molecule has 0 radical (unpaired) electrons. The summed E-state index contributed by atoms with van der Waals surface area (Å²) in [5.74, 6) is -0.422. The van der Waals surface area contributed by atoms with Gasteiger partial charge in [0.05, 0.1) is 26.7 Å². The third-order valence-electron chi connectivity index (χ3n) is 3.63. The number of nitrogens with zero attached hydrogens (tertiary/aromatic N) is 2. The lowest BCUT2D eigenvalue weighted by Gasteiger charge is -2.07. The zero-order valence-electron chi connectivity index (χ0n) is 13.3. The highest BCUT2D eigenvalue weighted by molar-refractivity contribution is 7.20. The second kappa shape index (κ2) is 7.78. The number of aromatic nitrogens is 1. The van der Waals surface area contributed by atoms with E-state index in [1.54, 1.807) is 7.11 Å². The summed E-state index contributed by atoms with van der Waals surface area (Å²) in [5.41, 5.74) is 2.20. The number of aryl methyl sites for hydroxylation is 1. The van der Waals surface area contributed by atoms with E-state index >= 15 is 0 Å². The third-order valence-corrected chi connectivity index (χ3v) is 6.57. The SMILES string of the molecule is COCCn1c(=NC(=O)c2cc(Cl)sc2Cl)sc2ccc(Cl)c(C)c21. The summed E-state index contributed by atoms with van der Waals surface area (Å²) in [7, 11) is 1.63. The van der Waals surface area contributed by atoms with Crippen molar-refractivity contribution in [3.8, 4) is 0 Å². The average Bonchev–Trinajstić information content (AvgIpc) is 3.08. The van der Waals surface area contributed by atoms with Crippen molar-refractivity contribution in [2.45, 2.75) is 13.5 Å². The van der Waals surface area contributed by atoms with Crippen LogP contribution in [0.2, 0.25) is 13.7 Å². The quantitative estimate of drug-likeness (QED) is 0.549. The Balaban J connectivity index is 2.19. The number of hydrogen-bond donors (Lipinski definition) is 0. The summed E-state index contributed by atoms with van der Waals surface area (Å²) < 4.78 is 8.93. The van der Waals surface area contributed by atoms with E-state index in [0.29, 0.717) is 37.2 Å². The molecule has 4 nitrogen and oxygen atoms in total. The molecule has 0 aliphatic heterocycles. The normalized spacial score (nSPS) is 12.3. The predicted molar refractivity (Wildman–Crippen MR) is 106 cm³/mol. The van der Waals surface area contributed by atoms with E-state index < -0.39 is 5.91 Å². The van der Waals surface area contributed by atoms with Crippen LogP contribution < -0.4 is 4.80 Å². The van der Waals surface area contributed by atoms with Gasteiger partial charge < -0.3 is 9.30 Å². The van der Waals surface area contributed by atoms with Crippen molar-refractivity contribution in [3.63, 3.8) is 0 Å². The third kappa shape index (κ3) is 3.79. The van der Waals surface area contributed by atoms with E-state index in [2.05, 4.69) is 4.99 Å². The molecule has 3 aromatic rings. The van der Waals surface area contributed by atoms with Crippen molar-refractivity contribution in [3.05, 3.63) is 47.8 Å². The van der Waals surface area contributed by atoms with Crippen molar-refractivity contribution >= 4 is 73.6 Å². The smallest absolute Gasteiger partial charge is 0.282 e. The first-order chi connectivity index (χ1) is 11.9. The van der Waals surface area contributed by atoms with E-state index in [1.165, 1.54) is 17.4 Å². The fourth-order valence-corrected chi connectivity index (χ4v) is 5.14. The second-order valence-electron chi connectivity index (χ2n) is 5.20. The van der Waals surface area contributed by atoms with Gasteiger partial charge in [-0.15, -0.1) is 11.3 Å². The van der Waals surface area contributed by atoms with Crippen molar-refractivity contribution in [2.75, 3.05) is 13.7 Å². The molecule has 2 heterocycles. The number of thiazole rings is 1. The average molecular weight is 436 g/mol. The highest BCUT2D eigenvalue weighted by Crippen LogP contribution is 2.32. The van der Waals surface area contributed by atoms with Crippen LogP contribution >= 0.6 is 57.5 Å². The Morgan fingerprint density at radius 2 is 2.04 bits per heavy atom. The van der Waals surface area contributed by atoms with Crippen molar-refractivity contribution < 1.29 is 9.53 Å². The lowest BCUT2D eigenvalue weighted by Crippen LogP contribution is -2.19. The van der Waals surface area contributed by atoms with Gasteiger partial charge in [-0.05, 0) is 30.7 Å². The maximum Gasteiger partial charge on any atom is 0.282 e. The summed E-state index contributed by atoms with van der Waals surface area (Å²) in [6.45, 7) is 2.99. The Morgan fingerprint density at radius 1 is 1.28 bits per heavy atom. The number of ether oxygens (including phenoxy) is 1. The molecule has 0 aliphatic carbocycles. The van der Waals surface area contributed by atoms with E-state index in [4.69, 9.17) is 39.5 Å². The van der Waals surface area contributed by atoms with Crippen LogP contribution in [-0.2, 0) is 11.3 Å². The van der Waals surface area contributed by atoms with Crippen LogP contribution in [0.4, 0.5) is 0 Å². The van der Waals surface area contributed by atoms with Gasteiger partial charge in [-0.1, -0.05) is 46.1 Å². The van der Waals surface area contributed by atoms with Crippen LogP contribution in [0.25, 0.3) is 10.2 Å². The largest absolute Gasteiger partial charge is 0.383 e. The number of carbonyl (C=O) groups excluding carboxylic acids is 1. The minimum atomic E-state index is -0.422.